The number of nitrogens with zero attached hydrogens (tertiary/aromatic N) is 2. The van der Waals surface area contributed by atoms with Gasteiger partial charge in [-0.1, -0.05) is 18.3 Å². The van der Waals surface area contributed by atoms with Gasteiger partial charge < -0.3 is 5.73 Å². The van der Waals surface area contributed by atoms with E-state index in [1.165, 1.54) is 11.3 Å². The molecule has 3 nitrogen and oxygen atoms in total. The molecule has 13 heavy (non-hydrogen) atoms. The summed E-state index contributed by atoms with van der Waals surface area (Å²) in [6.07, 6.45) is 1.02. The van der Waals surface area contributed by atoms with Crippen LogP contribution in [-0.4, -0.2) is 22.0 Å². The maximum absolute atomic E-state index is 5.76. The maximum Gasteiger partial charge on any atom is 0.207 e. The van der Waals surface area contributed by atoms with Crippen LogP contribution in [0.4, 0.5) is 0 Å². The molecule has 74 valence electrons. The molecule has 2 N–H and O–H groups in total. The Morgan fingerprint density at radius 3 is 2.92 bits per heavy atom. The predicted molar refractivity (Wildman–Crippen MR) is 59.3 cm³/mol. The zero-order valence-corrected chi connectivity index (χ0v) is 9.75. The molecular formula is C7H12ClN3S2. The maximum atomic E-state index is 5.76. The fraction of sp³-hybridized carbons (Fsp3) is 0.714. The Bertz CT molecular complexity index is 254. The van der Waals surface area contributed by atoms with E-state index in [0.29, 0.717) is 4.47 Å². The third-order valence-electron chi connectivity index (χ3n) is 1.52. The van der Waals surface area contributed by atoms with Crippen molar-refractivity contribution in [2.24, 2.45) is 5.73 Å². The Kier molecular flexibility index (Phi) is 5.01. The predicted octanol–water partition coefficient (Wildman–Crippen LogP) is 2.16. The van der Waals surface area contributed by atoms with Crippen molar-refractivity contribution in [3.8, 4) is 0 Å². The van der Waals surface area contributed by atoms with Gasteiger partial charge in [-0.25, -0.2) is 0 Å². The Morgan fingerprint density at radius 1 is 1.62 bits per heavy atom. The zero-order chi connectivity index (χ0) is 9.68. The van der Waals surface area contributed by atoms with Crippen molar-refractivity contribution < 1.29 is 0 Å². The second-order valence-electron chi connectivity index (χ2n) is 2.63. The SMILES string of the molecule is CCC(N)CSCc1nnc(Cl)s1. The van der Waals surface area contributed by atoms with Gasteiger partial charge in [0.05, 0.1) is 0 Å². The van der Waals surface area contributed by atoms with Crippen molar-refractivity contribution in [1.82, 2.24) is 10.2 Å². The smallest absolute Gasteiger partial charge is 0.207 e. The van der Waals surface area contributed by atoms with E-state index in [-0.39, 0.29) is 6.04 Å². The summed E-state index contributed by atoms with van der Waals surface area (Å²) in [6.45, 7) is 2.09. The molecule has 1 aromatic rings. The van der Waals surface area contributed by atoms with Gasteiger partial charge in [-0.15, -0.1) is 10.2 Å². The molecule has 0 amide bonds. The van der Waals surface area contributed by atoms with E-state index in [4.69, 9.17) is 17.3 Å². The van der Waals surface area contributed by atoms with Crippen LogP contribution < -0.4 is 5.73 Å². The largest absolute Gasteiger partial charge is 0.327 e. The van der Waals surface area contributed by atoms with E-state index < -0.39 is 0 Å². The second-order valence-corrected chi connectivity index (χ2v) is 5.31. The molecular weight excluding hydrogens is 226 g/mol. The van der Waals surface area contributed by atoms with E-state index in [2.05, 4.69) is 17.1 Å². The monoisotopic (exact) mass is 237 g/mol. The number of nitrogens with two attached hydrogens (primary N) is 1. The lowest BCUT2D eigenvalue weighted by Crippen LogP contribution is -2.21. The highest BCUT2D eigenvalue weighted by atomic mass is 35.5. The van der Waals surface area contributed by atoms with Crippen molar-refractivity contribution in [2.75, 3.05) is 5.75 Å². The summed E-state index contributed by atoms with van der Waals surface area (Å²) in [6, 6.07) is 0.286. The molecule has 0 saturated heterocycles. The van der Waals surface area contributed by atoms with Crippen LogP contribution in [0.25, 0.3) is 0 Å². The third kappa shape index (κ3) is 4.26. The van der Waals surface area contributed by atoms with Crippen LogP contribution >= 0.6 is 34.7 Å². The first-order valence-electron chi connectivity index (χ1n) is 4.03. The Hall–Kier alpha value is 0.160. The Morgan fingerprint density at radius 2 is 2.38 bits per heavy atom. The first-order valence-corrected chi connectivity index (χ1v) is 6.38. The minimum atomic E-state index is 0.286. The van der Waals surface area contributed by atoms with Crippen LogP contribution in [0.3, 0.4) is 0 Å². The molecule has 1 atom stereocenters. The molecule has 1 heterocycles. The average Bonchev–Trinajstić information content (AvgIpc) is 2.51. The summed E-state index contributed by atoms with van der Waals surface area (Å²) in [5.41, 5.74) is 5.76. The molecule has 0 aliphatic heterocycles. The molecule has 0 fully saturated rings. The minimum Gasteiger partial charge on any atom is -0.327 e. The number of thioether (sulfide) groups is 1. The lowest BCUT2D eigenvalue weighted by Gasteiger charge is -2.05. The van der Waals surface area contributed by atoms with Gasteiger partial charge >= 0.3 is 0 Å². The van der Waals surface area contributed by atoms with Gasteiger partial charge in [-0.05, 0) is 18.0 Å². The van der Waals surface area contributed by atoms with Gasteiger partial charge in [0, 0.05) is 17.5 Å². The molecule has 0 aliphatic carbocycles. The van der Waals surface area contributed by atoms with Crippen molar-refractivity contribution in [2.45, 2.75) is 25.1 Å². The molecule has 1 unspecified atom stereocenters. The van der Waals surface area contributed by atoms with Crippen LogP contribution in [0.2, 0.25) is 4.47 Å². The number of halogens is 1. The first-order chi connectivity index (χ1) is 6.22. The number of hydrogen-bond acceptors (Lipinski definition) is 5. The first kappa shape index (κ1) is 11.2. The summed E-state index contributed by atoms with van der Waals surface area (Å²) < 4.78 is 0.510. The Labute approximate surface area is 91.1 Å². The van der Waals surface area contributed by atoms with Crippen LogP contribution in [0.15, 0.2) is 0 Å². The number of rotatable bonds is 5. The molecule has 0 aromatic carbocycles. The van der Waals surface area contributed by atoms with E-state index in [9.17, 15) is 0 Å². The lowest BCUT2D eigenvalue weighted by molar-refractivity contribution is 0.724. The summed E-state index contributed by atoms with van der Waals surface area (Å²) in [5, 5.41) is 8.61. The minimum absolute atomic E-state index is 0.286. The van der Waals surface area contributed by atoms with E-state index in [1.54, 1.807) is 11.8 Å². The fourth-order valence-electron chi connectivity index (χ4n) is 0.707. The van der Waals surface area contributed by atoms with Gasteiger partial charge in [0.15, 0.2) is 0 Å². The van der Waals surface area contributed by atoms with E-state index in [1.807, 2.05) is 0 Å². The number of hydrogen-bond donors (Lipinski definition) is 1. The van der Waals surface area contributed by atoms with Crippen LogP contribution in [0, 0.1) is 0 Å². The van der Waals surface area contributed by atoms with E-state index >= 15 is 0 Å². The van der Waals surface area contributed by atoms with Gasteiger partial charge in [-0.3, -0.25) is 0 Å². The molecule has 0 spiro atoms. The van der Waals surface area contributed by atoms with Crippen molar-refractivity contribution in [3.05, 3.63) is 9.47 Å². The molecule has 0 radical (unpaired) electrons. The van der Waals surface area contributed by atoms with Crippen LogP contribution in [0.1, 0.15) is 18.4 Å². The molecule has 0 bridgehead atoms. The average molecular weight is 238 g/mol. The summed E-state index contributed by atoms with van der Waals surface area (Å²) in [7, 11) is 0. The quantitative estimate of drug-likeness (QED) is 0.853. The van der Waals surface area contributed by atoms with Crippen LogP contribution in [-0.2, 0) is 5.75 Å². The summed E-state index contributed by atoms with van der Waals surface area (Å²) in [5.74, 6) is 1.83. The van der Waals surface area contributed by atoms with Crippen molar-refractivity contribution in [1.29, 1.82) is 0 Å². The molecule has 6 heteroatoms. The third-order valence-corrected chi connectivity index (χ3v) is 3.87. The summed E-state index contributed by atoms with van der Waals surface area (Å²) in [4.78, 5) is 0. The second kappa shape index (κ2) is 5.80. The van der Waals surface area contributed by atoms with Gasteiger partial charge in [0.2, 0.25) is 4.47 Å². The topological polar surface area (TPSA) is 51.8 Å². The summed E-state index contributed by atoms with van der Waals surface area (Å²) >= 11 is 8.85. The highest BCUT2D eigenvalue weighted by Gasteiger charge is 2.03. The molecule has 0 aliphatic rings. The van der Waals surface area contributed by atoms with Gasteiger partial charge in [0.1, 0.15) is 5.01 Å². The van der Waals surface area contributed by atoms with Gasteiger partial charge in [-0.2, -0.15) is 11.8 Å². The zero-order valence-electron chi connectivity index (χ0n) is 7.36. The van der Waals surface area contributed by atoms with Crippen molar-refractivity contribution in [3.63, 3.8) is 0 Å². The molecule has 0 saturated carbocycles. The van der Waals surface area contributed by atoms with Gasteiger partial charge in [0.25, 0.3) is 0 Å². The highest BCUT2D eigenvalue weighted by Crippen LogP contribution is 2.20. The normalized spacial score (nSPS) is 13.2. The lowest BCUT2D eigenvalue weighted by atomic mass is 10.3. The number of aromatic nitrogens is 2. The van der Waals surface area contributed by atoms with Crippen molar-refractivity contribution >= 4 is 34.7 Å². The molecule has 1 rings (SSSR count). The fourth-order valence-corrected chi connectivity index (χ4v) is 2.74. The van der Waals surface area contributed by atoms with E-state index in [0.717, 1.165) is 22.9 Å². The molecule has 1 aromatic heterocycles. The highest BCUT2D eigenvalue weighted by molar-refractivity contribution is 7.98. The standard InChI is InChI=1S/C7H12ClN3S2/c1-2-5(9)3-12-4-6-10-11-7(8)13-6/h5H,2-4,9H2,1H3. The van der Waals surface area contributed by atoms with Crippen LogP contribution in [0.5, 0.6) is 0 Å². The Balaban J connectivity index is 2.20.